The minimum absolute atomic E-state index is 0.196. The molecule has 10 nitrogen and oxygen atoms in total. The van der Waals surface area contributed by atoms with Gasteiger partial charge in [0, 0.05) is 0 Å². The van der Waals surface area contributed by atoms with Gasteiger partial charge in [0.15, 0.2) is 0 Å². The molecule has 0 unspecified atom stereocenters. The first-order valence-corrected chi connectivity index (χ1v) is 9.50. The second-order valence-corrected chi connectivity index (χ2v) is 7.25. The number of alkyl halides is 3. The molecule has 1 aromatic carbocycles. The number of urea groups is 1. The van der Waals surface area contributed by atoms with E-state index in [9.17, 15) is 26.4 Å². The van der Waals surface area contributed by atoms with Gasteiger partial charge >= 0.3 is 24.2 Å². The summed E-state index contributed by atoms with van der Waals surface area (Å²) in [7, 11) is -1.75. The van der Waals surface area contributed by atoms with E-state index in [1.807, 2.05) is 5.32 Å². The Morgan fingerprint density at radius 2 is 1.66 bits per heavy atom. The topological polar surface area (TPSA) is 132 Å². The highest BCUT2D eigenvalue weighted by atomic mass is 32.2. The van der Waals surface area contributed by atoms with Gasteiger partial charge < -0.3 is 9.47 Å². The number of carbonyl (C=O) groups excluding carboxylic acids is 1. The van der Waals surface area contributed by atoms with Crippen molar-refractivity contribution >= 4 is 22.0 Å². The van der Waals surface area contributed by atoms with Crippen molar-refractivity contribution in [3.63, 3.8) is 0 Å². The summed E-state index contributed by atoms with van der Waals surface area (Å²) in [6.07, 6.45) is -5.08. The van der Waals surface area contributed by atoms with Crippen LogP contribution in [-0.2, 0) is 22.6 Å². The van der Waals surface area contributed by atoms with Crippen molar-refractivity contribution in [2.75, 3.05) is 25.3 Å². The molecule has 0 bridgehead atoms. The molecule has 0 radical (unpaired) electrons. The summed E-state index contributed by atoms with van der Waals surface area (Å²) in [4.78, 5) is 23.0. The monoisotopic (exact) mass is 435 g/mol. The van der Waals surface area contributed by atoms with Crippen LogP contribution >= 0.6 is 0 Å². The first kappa shape index (κ1) is 22.1. The normalized spacial score (nSPS) is 11.6. The summed E-state index contributed by atoms with van der Waals surface area (Å²) in [5.74, 6) is -1.11. The Labute approximate surface area is 163 Å². The van der Waals surface area contributed by atoms with Gasteiger partial charge in [0.25, 0.3) is 0 Å². The van der Waals surface area contributed by atoms with Crippen LogP contribution in [0.3, 0.4) is 0 Å². The van der Waals surface area contributed by atoms with Crippen LogP contribution in [0.15, 0.2) is 24.3 Å². The van der Waals surface area contributed by atoms with Crippen LogP contribution in [0.5, 0.6) is 12.0 Å². The number of benzene rings is 1. The van der Waals surface area contributed by atoms with Gasteiger partial charge in [-0.05, 0) is 18.1 Å². The van der Waals surface area contributed by atoms with Gasteiger partial charge in [0.2, 0.25) is 16.0 Å². The second-order valence-electron chi connectivity index (χ2n) is 5.41. The fourth-order valence-electron chi connectivity index (χ4n) is 2.15. The van der Waals surface area contributed by atoms with Gasteiger partial charge in [-0.2, -0.15) is 23.1 Å². The summed E-state index contributed by atoms with van der Waals surface area (Å²) in [6.45, 7) is 0. The molecule has 0 saturated heterocycles. The lowest BCUT2D eigenvalue weighted by Crippen LogP contribution is -2.37. The average molecular weight is 435 g/mol. The largest absolute Gasteiger partial charge is 0.467 e. The number of rotatable bonds is 7. The number of aromatic nitrogens is 3. The molecule has 1 heterocycles. The predicted molar refractivity (Wildman–Crippen MR) is 94.0 cm³/mol. The van der Waals surface area contributed by atoms with E-state index in [-0.39, 0.29) is 23.5 Å². The molecule has 14 heteroatoms. The van der Waals surface area contributed by atoms with E-state index in [1.165, 1.54) is 32.4 Å². The molecule has 2 rings (SSSR count). The maximum absolute atomic E-state index is 13.0. The van der Waals surface area contributed by atoms with Gasteiger partial charge in [-0.1, -0.05) is 18.2 Å². The highest BCUT2D eigenvalue weighted by molar-refractivity contribution is 7.90. The molecule has 0 aliphatic carbocycles. The zero-order valence-corrected chi connectivity index (χ0v) is 16.0. The number of anilines is 1. The summed E-state index contributed by atoms with van der Waals surface area (Å²) < 4.78 is 74.3. The molecule has 158 valence electrons. The smallest absolute Gasteiger partial charge is 0.416 e. The molecule has 2 amide bonds. The van der Waals surface area contributed by atoms with E-state index >= 15 is 0 Å². The third-order valence-electron chi connectivity index (χ3n) is 3.40. The van der Waals surface area contributed by atoms with Crippen molar-refractivity contribution in [1.82, 2.24) is 19.7 Å². The Balaban J connectivity index is 2.04. The molecule has 0 saturated carbocycles. The van der Waals surface area contributed by atoms with Gasteiger partial charge in [-0.15, -0.1) is 4.98 Å². The average Bonchev–Trinajstić information content (AvgIpc) is 2.65. The van der Waals surface area contributed by atoms with Crippen molar-refractivity contribution in [3.05, 3.63) is 35.4 Å². The predicted octanol–water partition coefficient (Wildman–Crippen LogP) is 1.60. The molecule has 0 atom stereocenters. The highest BCUT2D eigenvalue weighted by Gasteiger charge is 2.33. The van der Waals surface area contributed by atoms with Gasteiger partial charge in [-0.25, -0.2) is 17.9 Å². The Morgan fingerprint density at radius 1 is 1.07 bits per heavy atom. The van der Waals surface area contributed by atoms with Crippen molar-refractivity contribution in [2.45, 2.75) is 12.6 Å². The number of nitrogens with one attached hydrogen (secondary N) is 2. The van der Waals surface area contributed by atoms with Gasteiger partial charge in [-0.3, -0.25) is 5.32 Å². The molecule has 2 aromatic rings. The standard InChI is InChI=1S/C15H16F3N5O5S/c1-27-13-20-11(21-14(22-13)28-2)19-12(24)23-29(25,26)8-7-9-5-3-4-6-10(9)15(16,17)18/h3-6H,7-8H2,1-2H3,(H2,19,20,21,22,23,24). The number of nitrogens with zero attached hydrogens (tertiary/aromatic N) is 3. The zero-order valence-electron chi connectivity index (χ0n) is 15.1. The fraction of sp³-hybridized carbons (Fsp3) is 0.333. The number of sulfonamides is 1. The summed E-state index contributed by atoms with van der Waals surface area (Å²) >= 11 is 0. The maximum atomic E-state index is 13.0. The van der Waals surface area contributed by atoms with E-state index < -0.39 is 40.0 Å². The van der Waals surface area contributed by atoms with E-state index in [1.54, 1.807) is 4.72 Å². The lowest BCUT2D eigenvalue weighted by atomic mass is 10.1. The van der Waals surface area contributed by atoms with Crippen LogP contribution in [0, 0.1) is 0 Å². The summed E-state index contributed by atoms with van der Waals surface area (Å²) in [5, 5.41) is 2.05. The molecule has 0 fully saturated rings. The van der Waals surface area contributed by atoms with Crippen molar-refractivity contribution in [1.29, 1.82) is 0 Å². The summed E-state index contributed by atoms with van der Waals surface area (Å²) in [6, 6.07) is 2.97. The number of carbonyl (C=O) groups is 1. The highest BCUT2D eigenvalue weighted by Crippen LogP contribution is 2.32. The van der Waals surface area contributed by atoms with E-state index in [0.29, 0.717) is 0 Å². The Kier molecular flexibility index (Phi) is 6.79. The first-order chi connectivity index (χ1) is 13.5. The second kappa shape index (κ2) is 8.89. The number of amides is 2. The number of methoxy groups -OCH3 is 2. The number of ether oxygens (including phenoxy) is 2. The quantitative estimate of drug-likeness (QED) is 0.670. The minimum atomic E-state index is -4.62. The molecule has 29 heavy (non-hydrogen) atoms. The third-order valence-corrected chi connectivity index (χ3v) is 4.63. The van der Waals surface area contributed by atoms with Crippen LogP contribution in [0.1, 0.15) is 11.1 Å². The lowest BCUT2D eigenvalue weighted by Gasteiger charge is -2.13. The molecular formula is C15H16F3N5O5S. The molecule has 0 aliphatic heterocycles. The van der Waals surface area contributed by atoms with Crippen molar-refractivity contribution in [3.8, 4) is 12.0 Å². The fourth-order valence-corrected chi connectivity index (χ4v) is 3.08. The molecule has 2 N–H and O–H groups in total. The van der Waals surface area contributed by atoms with Gasteiger partial charge in [0.05, 0.1) is 25.5 Å². The maximum Gasteiger partial charge on any atom is 0.416 e. The Hall–Kier alpha value is -3.16. The Morgan fingerprint density at radius 3 is 2.21 bits per heavy atom. The van der Waals surface area contributed by atoms with Crippen LogP contribution in [0.4, 0.5) is 23.9 Å². The lowest BCUT2D eigenvalue weighted by molar-refractivity contribution is -0.138. The molecule has 0 aliphatic rings. The number of halogens is 3. The number of aryl methyl sites for hydroxylation is 1. The van der Waals surface area contributed by atoms with Crippen LogP contribution in [0.2, 0.25) is 0 Å². The Bertz CT molecular complexity index is 962. The van der Waals surface area contributed by atoms with E-state index in [0.717, 1.165) is 6.07 Å². The van der Waals surface area contributed by atoms with Crippen LogP contribution in [0.25, 0.3) is 0 Å². The van der Waals surface area contributed by atoms with Crippen LogP contribution < -0.4 is 19.5 Å². The van der Waals surface area contributed by atoms with E-state index in [2.05, 4.69) is 15.0 Å². The van der Waals surface area contributed by atoms with Crippen LogP contribution in [-0.4, -0.2) is 49.4 Å². The van der Waals surface area contributed by atoms with E-state index in [4.69, 9.17) is 9.47 Å². The third kappa shape index (κ3) is 6.44. The van der Waals surface area contributed by atoms with Crippen molar-refractivity contribution < 1.29 is 35.9 Å². The minimum Gasteiger partial charge on any atom is -0.467 e. The zero-order chi connectivity index (χ0) is 21.7. The SMILES string of the molecule is COc1nc(NC(=O)NS(=O)(=O)CCc2ccccc2C(F)(F)F)nc(OC)n1. The van der Waals surface area contributed by atoms with Crippen molar-refractivity contribution in [2.24, 2.45) is 0 Å². The van der Waals surface area contributed by atoms with Gasteiger partial charge in [0.1, 0.15) is 0 Å². The molecular weight excluding hydrogens is 419 g/mol. The molecule has 1 aromatic heterocycles. The molecule has 0 spiro atoms. The first-order valence-electron chi connectivity index (χ1n) is 7.84. The number of hydrogen-bond acceptors (Lipinski definition) is 8. The summed E-state index contributed by atoms with van der Waals surface area (Å²) in [5.41, 5.74) is -1.15. The number of hydrogen-bond donors (Lipinski definition) is 2.